The van der Waals surface area contributed by atoms with Crippen LogP contribution in [0.3, 0.4) is 0 Å². The molecule has 21 heavy (non-hydrogen) atoms. The first-order chi connectivity index (χ1) is 10.1. The van der Waals surface area contributed by atoms with Crippen molar-refractivity contribution in [2.45, 2.75) is 31.3 Å². The largest absolute Gasteiger partial charge is 0.481 e. The minimum atomic E-state index is -0.770. The van der Waals surface area contributed by atoms with E-state index in [0.29, 0.717) is 0 Å². The van der Waals surface area contributed by atoms with Crippen LogP contribution in [0.25, 0.3) is 0 Å². The van der Waals surface area contributed by atoms with Crippen LogP contribution < -0.4 is 5.32 Å². The molecule has 0 radical (unpaired) electrons. The van der Waals surface area contributed by atoms with Gasteiger partial charge >= 0.3 is 5.97 Å². The molecule has 2 N–H and O–H groups in total. The van der Waals surface area contributed by atoms with Gasteiger partial charge in [-0.15, -0.1) is 11.3 Å². The summed E-state index contributed by atoms with van der Waals surface area (Å²) in [4.78, 5) is 12.2. The highest BCUT2D eigenvalue weighted by atomic mass is 79.9. The van der Waals surface area contributed by atoms with Gasteiger partial charge in [-0.3, -0.25) is 4.79 Å². The first-order valence-electron chi connectivity index (χ1n) is 6.93. The van der Waals surface area contributed by atoms with Gasteiger partial charge in [0.05, 0.1) is 12.5 Å². The average molecular weight is 366 g/mol. The van der Waals surface area contributed by atoms with Gasteiger partial charge in [-0.25, -0.2) is 0 Å². The van der Waals surface area contributed by atoms with E-state index in [9.17, 15) is 4.79 Å². The number of hydrogen-bond donors (Lipinski definition) is 2. The van der Waals surface area contributed by atoms with Gasteiger partial charge in [0.15, 0.2) is 0 Å². The number of nitrogens with one attached hydrogen (secondary N) is 1. The average Bonchev–Trinajstić information content (AvgIpc) is 3.08. The van der Waals surface area contributed by atoms with E-state index in [0.717, 1.165) is 22.2 Å². The molecule has 0 amide bonds. The molecular weight excluding hydrogens is 350 g/mol. The first kappa shape index (κ1) is 14.8. The number of carboxylic acids is 1. The molecule has 0 aliphatic heterocycles. The van der Waals surface area contributed by atoms with E-state index in [-0.39, 0.29) is 18.5 Å². The lowest BCUT2D eigenvalue weighted by Crippen LogP contribution is -2.26. The Kier molecular flexibility index (Phi) is 4.42. The number of fused-ring (bicyclic) bond motifs is 1. The van der Waals surface area contributed by atoms with Gasteiger partial charge in [-0.2, -0.15) is 0 Å². The second-order valence-corrected chi connectivity index (χ2v) is 7.07. The van der Waals surface area contributed by atoms with E-state index >= 15 is 0 Å². The minimum Gasteiger partial charge on any atom is -0.481 e. The van der Waals surface area contributed by atoms with Gasteiger partial charge in [-0.05, 0) is 41.5 Å². The summed E-state index contributed by atoms with van der Waals surface area (Å²) in [6, 6.07) is 10.3. The number of hydrogen-bond acceptors (Lipinski definition) is 3. The minimum absolute atomic E-state index is 0.111. The molecule has 2 atom stereocenters. The van der Waals surface area contributed by atoms with E-state index in [2.05, 4.69) is 33.4 Å². The highest BCUT2D eigenvalue weighted by Gasteiger charge is 2.27. The fourth-order valence-electron chi connectivity index (χ4n) is 2.93. The standard InChI is InChI=1S/C16H16BrNO2S/c17-12-4-1-3-11-10(12)6-7-13(11)18-14(9-16(19)20)15-5-2-8-21-15/h1-5,8,13-14,18H,6-7,9H2,(H,19,20). The van der Waals surface area contributed by atoms with Crippen molar-refractivity contribution in [2.24, 2.45) is 0 Å². The summed E-state index contributed by atoms with van der Waals surface area (Å²) < 4.78 is 1.15. The molecule has 1 aliphatic carbocycles. The van der Waals surface area contributed by atoms with Crippen LogP contribution in [0.5, 0.6) is 0 Å². The van der Waals surface area contributed by atoms with Crippen LogP contribution in [0.2, 0.25) is 0 Å². The zero-order valence-corrected chi connectivity index (χ0v) is 13.8. The zero-order chi connectivity index (χ0) is 14.8. The Balaban J connectivity index is 1.82. The lowest BCUT2D eigenvalue weighted by Gasteiger charge is -2.22. The highest BCUT2D eigenvalue weighted by molar-refractivity contribution is 9.10. The van der Waals surface area contributed by atoms with Crippen LogP contribution in [-0.2, 0) is 11.2 Å². The summed E-state index contributed by atoms with van der Waals surface area (Å²) >= 11 is 5.21. The molecule has 1 heterocycles. The van der Waals surface area contributed by atoms with Crippen molar-refractivity contribution in [1.29, 1.82) is 0 Å². The van der Waals surface area contributed by atoms with Gasteiger partial charge in [0.1, 0.15) is 0 Å². The fraction of sp³-hybridized carbons (Fsp3) is 0.312. The number of aliphatic carboxylic acids is 1. The number of halogens is 1. The van der Waals surface area contributed by atoms with Crippen molar-refractivity contribution in [3.05, 3.63) is 56.2 Å². The molecule has 0 spiro atoms. The predicted octanol–water partition coefficient (Wildman–Crippen LogP) is 4.30. The first-order valence-corrected chi connectivity index (χ1v) is 8.61. The lowest BCUT2D eigenvalue weighted by atomic mass is 10.1. The number of rotatable bonds is 5. The van der Waals surface area contributed by atoms with E-state index in [1.165, 1.54) is 11.1 Å². The van der Waals surface area contributed by atoms with E-state index in [4.69, 9.17) is 5.11 Å². The van der Waals surface area contributed by atoms with Crippen LogP contribution >= 0.6 is 27.3 Å². The fourth-order valence-corrected chi connectivity index (χ4v) is 4.30. The van der Waals surface area contributed by atoms with Crippen LogP contribution in [0.15, 0.2) is 40.2 Å². The van der Waals surface area contributed by atoms with Gasteiger partial charge < -0.3 is 10.4 Å². The van der Waals surface area contributed by atoms with Crippen molar-refractivity contribution in [3.63, 3.8) is 0 Å². The summed E-state index contributed by atoms with van der Waals surface area (Å²) in [6.45, 7) is 0. The van der Waals surface area contributed by atoms with Crippen LogP contribution in [0, 0.1) is 0 Å². The Labute approximate surface area is 136 Å². The molecule has 0 bridgehead atoms. The summed E-state index contributed by atoms with van der Waals surface area (Å²) in [7, 11) is 0. The summed E-state index contributed by atoms with van der Waals surface area (Å²) in [5, 5.41) is 14.7. The molecule has 3 rings (SSSR count). The van der Waals surface area contributed by atoms with Gasteiger partial charge in [0, 0.05) is 15.4 Å². The second-order valence-electron chi connectivity index (χ2n) is 5.23. The molecule has 0 saturated carbocycles. The predicted molar refractivity (Wildman–Crippen MR) is 87.7 cm³/mol. The van der Waals surface area contributed by atoms with Crippen LogP contribution in [0.1, 0.15) is 40.9 Å². The Hall–Kier alpha value is -1.17. The Morgan fingerprint density at radius 1 is 1.43 bits per heavy atom. The number of carbonyl (C=O) groups is 1. The SMILES string of the molecule is O=C(O)CC(NC1CCc2c(Br)cccc21)c1cccs1. The molecule has 110 valence electrons. The normalized spacial score (nSPS) is 18.4. The monoisotopic (exact) mass is 365 g/mol. The second kappa shape index (κ2) is 6.30. The van der Waals surface area contributed by atoms with E-state index in [1.54, 1.807) is 11.3 Å². The molecule has 0 fully saturated rings. The number of carboxylic acid groups (broad SMARTS) is 1. The van der Waals surface area contributed by atoms with Crippen LogP contribution in [-0.4, -0.2) is 11.1 Å². The Bertz CT molecular complexity index is 642. The van der Waals surface area contributed by atoms with E-state index in [1.807, 2.05) is 23.6 Å². The molecule has 2 unspecified atom stereocenters. The maximum atomic E-state index is 11.1. The lowest BCUT2D eigenvalue weighted by molar-refractivity contribution is -0.137. The van der Waals surface area contributed by atoms with Gasteiger partial charge in [0.2, 0.25) is 0 Å². The molecule has 1 aromatic heterocycles. The Morgan fingerprint density at radius 3 is 3.00 bits per heavy atom. The number of benzene rings is 1. The third-order valence-corrected chi connectivity index (χ3v) is 5.61. The quantitative estimate of drug-likeness (QED) is 0.829. The van der Waals surface area contributed by atoms with Crippen molar-refractivity contribution in [3.8, 4) is 0 Å². The smallest absolute Gasteiger partial charge is 0.305 e. The molecule has 0 saturated heterocycles. The van der Waals surface area contributed by atoms with Crippen molar-refractivity contribution >= 4 is 33.2 Å². The van der Waals surface area contributed by atoms with Crippen molar-refractivity contribution in [2.75, 3.05) is 0 Å². The summed E-state index contributed by atoms with van der Waals surface area (Å²) in [5.41, 5.74) is 2.63. The number of thiophene rings is 1. The van der Waals surface area contributed by atoms with E-state index < -0.39 is 5.97 Å². The van der Waals surface area contributed by atoms with Crippen molar-refractivity contribution < 1.29 is 9.90 Å². The molecule has 3 nitrogen and oxygen atoms in total. The topological polar surface area (TPSA) is 49.3 Å². The molecule has 2 aromatic rings. The molecule has 1 aromatic carbocycles. The third kappa shape index (κ3) is 3.20. The Morgan fingerprint density at radius 2 is 2.29 bits per heavy atom. The molecule has 5 heteroatoms. The summed E-state index contributed by atoms with van der Waals surface area (Å²) in [5.74, 6) is -0.770. The summed E-state index contributed by atoms with van der Waals surface area (Å²) in [6.07, 6.45) is 2.15. The van der Waals surface area contributed by atoms with Crippen molar-refractivity contribution in [1.82, 2.24) is 5.32 Å². The van der Waals surface area contributed by atoms with Gasteiger partial charge in [0.25, 0.3) is 0 Å². The molecular formula is C16H16BrNO2S. The third-order valence-electron chi connectivity index (χ3n) is 3.88. The maximum Gasteiger partial charge on any atom is 0.305 e. The maximum absolute atomic E-state index is 11.1. The highest BCUT2D eigenvalue weighted by Crippen LogP contribution is 2.37. The van der Waals surface area contributed by atoms with Crippen LogP contribution in [0.4, 0.5) is 0 Å². The van der Waals surface area contributed by atoms with Gasteiger partial charge in [-0.1, -0.05) is 34.1 Å². The molecule has 1 aliphatic rings. The zero-order valence-electron chi connectivity index (χ0n) is 11.4.